The van der Waals surface area contributed by atoms with E-state index in [0.717, 1.165) is 5.56 Å². The van der Waals surface area contributed by atoms with Gasteiger partial charge in [-0.2, -0.15) is 0 Å². The first-order valence-corrected chi connectivity index (χ1v) is 7.04. The molecule has 1 aromatic rings. The number of nitrogen functional groups attached to an aromatic ring is 1. The lowest BCUT2D eigenvalue weighted by atomic mass is 10.0. The fourth-order valence-electron chi connectivity index (χ4n) is 2.60. The summed E-state index contributed by atoms with van der Waals surface area (Å²) in [5.74, 6) is -0.0589. The molecule has 1 aliphatic heterocycles. The SMILES string of the molecule is Nc1cc2c(cc1O)N(CC(O)C(O)C(O)C(O)CO)CC2. The van der Waals surface area contributed by atoms with Gasteiger partial charge in [0.2, 0.25) is 0 Å². The number of hydrogen-bond acceptors (Lipinski definition) is 8. The summed E-state index contributed by atoms with van der Waals surface area (Å²) in [7, 11) is 0. The number of aliphatic hydroxyl groups excluding tert-OH is 5. The quantitative estimate of drug-likeness (QED) is 0.230. The number of nitrogens with zero attached hydrogens (tertiary/aromatic N) is 1. The summed E-state index contributed by atoms with van der Waals surface area (Å²) < 4.78 is 0. The maximum absolute atomic E-state index is 10.0. The average molecular weight is 314 g/mol. The molecule has 0 saturated carbocycles. The zero-order valence-electron chi connectivity index (χ0n) is 12.0. The average Bonchev–Trinajstić information content (AvgIpc) is 2.87. The van der Waals surface area contributed by atoms with Crippen LogP contribution in [0.2, 0.25) is 0 Å². The summed E-state index contributed by atoms with van der Waals surface area (Å²) in [6, 6.07) is 3.16. The number of aromatic hydroxyl groups is 1. The maximum atomic E-state index is 10.0. The maximum Gasteiger partial charge on any atom is 0.140 e. The van der Waals surface area contributed by atoms with Crippen molar-refractivity contribution >= 4 is 11.4 Å². The summed E-state index contributed by atoms with van der Waals surface area (Å²) in [6.07, 6.45) is -5.43. The van der Waals surface area contributed by atoms with Gasteiger partial charge in [-0.05, 0) is 18.1 Å². The smallest absolute Gasteiger partial charge is 0.140 e. The topological polar surface area (TPSA) is 151 Å². The standard InChI is InChI=1S/C14H22N2O6/c15-8-3-7-1-2-16(9(7)4-10(8)18)5-11(19)13(21)14(22)12(20)6-17/h3-4,11-14,17-22H,1-2,5-6,15H2. The second kappa shape index (κ2) is 6.67. The number of phenols is 1. The Hall–Kier alpha value is -1.58. The Balaban J connectivity index is 2.06. The van der Waals surface area contributed by atoms with Gasteiger partial charge in [-0.3, -0.25) is 0 Å². The molecule has 0 amide bonds. The van der Waals surface area contributed by atoms with Crippen molar-refractivity contribution in [2.45, 2.75) is 30.8 Å². The van der Waals surface area contributed by atoms with E-state index in [4.69, 9.17) is 10.8 Å². The highest BCUT2D eigenvalue weighted by atomic mass is 16.4. The summed E-state index contributed by atoms with van der Waals surface area (Å²) in [5.41, 5.74) is 7.54. The van der Waals surface area contributed by atoms with Gasteiger partial charge in [0.05, 0.1) is 18.4 Å². The number of β-amino-alcohol motifs (C(OH)–C–C–N with tert-alkyl or cyclic N) is 1. The molecule has 124 valence electrons. The fourth-order valence-corrected chi connectivity index (χ4v) is 2.60. The van der Waals surface area contributed by atoms with E-state index in [-0.39, 0.29) is 18.0 Å². The minimum atomic E-state index is -1.65. The molecule has 0 bridgehead atoms. The molecule has 0 aromatic heterocycles. The third-order valence-corrected chi connectivity index (χ3v) is 3.95. The Labute approximate surface area is 127 Å². The van der Waals surface area contributed by atoms with E-state index >= 15 is 0 Å². The largest absolute Gasteiger partial charge is 0.506 e. The molecule has 0 saturated heterocycles. The number of nitrogens with two attached hydrogens (primary N) is 1. The number of benzene rings is 1. The lowest BCUT2D eigenvalue weighted by Crippen LogP contribution is -2.49. The molecule has 8 heteroatoms. The van der Waals surface area contributed by atoms with E-state index in [9.17, 15) is 25.5 Å². The summed E-state index contributed by atoms with van der Waals surface area (Å²) >= 11 is 0. The molecule has 1 aromatic carbocycles. The van der Waals surface area contributed by atoms with Crippen molar-refractivity contribution in [2.24, 2.45) is 0 Å². The molecule has 2 rings (SSSR count). The van der Waals surface area contributed by atoms with Gasteiger partial charge in [0.15, 0.2) is 0 Å². The normalized spacial score (nSPS) is 19.6. The van der Waals surface area contributed by atoms with Crippen molar-refractivity contribution in [3.63, 3.8) is 0 Å². The van der Waals surface area contributed by atoms with Gasteiger partial charge in [-0.25, -0.2) is 0 Å². The Kier molecular flexibility index (Phi) is 5.09. The number of aliphatic hydroxyl groups is 5. The van der Waals surface area contributed by atoms with Crippen LogP contribution in [0.1, 0.15) is 5.56 Å². The molecular formula is C14H22N2O6. The van der Waals surface area contributed by atoms with Crippen LogP contribution in [0.4, 0.5) is 11.4 Å². The number of phenolic OH excluding ortho intramolecular Hbond substituents is 1. The second-order valence-electron chi connectivity index (χ2n) is 5.53. The monoisotopic (exact) mass is 314 g/mol. The van der Waals surface area contributed by atoms with Crippen molar-refractivity contribution < 1.29 is 30.6 Å². The Morgan fingerprint density at radius 3 is 2.36 bits per heavy atom. The Morgan fingerprint density at radius 1 is 1.09 bits per heavy atom. The molecule has 1 heterocycles. The van der Waals surface area contributed by atoms with E-state index < -0.39 is 31.0 Å². The van der Waals surface area contributed by atoms with Gasteiger partial charge >= 0.3 is 0 Å². The predicted octanol–water partition coefficient (Wildman–Crippen LogP) is -2.23. The van der Waals surface area contributed by atoms with Crippen LogP contribution in [0.3, 0.4) is 0 Å². The molecule has 0 fully saturated rings. The van der Waals surface area contributed by atoms with Crippen molar-refractivity contribution in [3.05, 3.63) is 17.7 Å². The van der Waals surface area contributed by atoms with Gasteiger partial charge < -0.3 is 41.3 Å². The predicted molar refractivity (Wildman–Crippen MR) is 79.5 cm³/mol. The molecule has 8 nitrogen and oxygen atoms in total. The van der Waals surface area contributed by atoms with Crippen LogP contribution >= 0.6 is 0 Å². The number of rotatable bonds is 6. The number of fused-ring (bicyclic) bond motifs is 1. The fraction of sp³-hybridized carbons (Fsp3) is 0.571. The highest BCUT2D eigenvalue weighted by Crippen LogP contribution is 2.35. The highest BCUT2D eigenvalue weighted by molar-refractivity contribution is 5.68. The van der Waals surface area contributed by atoms with Crippen molar-refractivity contribution in [3.8, 4) is 5.75 Å². The second-order valence-corrected chi connectivity index (χ2v) is 5.53. The van der Waals surface area contributed by atoms with Crippen LogP contribution in [0, 0.1) is 0 Å². The summed E-state index contributed by atoms with van der Waals surface area (Å²) in [5, 5.41) is 57.2. The molecule has 0 aliphatic carbocycles. The van der Waals surface area contributed by atoms with Crippen LogP contribution in [0.5, 0.6) is 5.75 Å². The van der Waals surface area contributed by atoms with E-state index in [2.05, 4.69) is 0 Å². The van der Waals surface area contributed by atoms with Crippen molar-refractivity contribution in [2.75, 3.05) is 30.3 Å². The molecular weight excluding hydrogens is 292 g/mol. The van der Waals surface area contributed by atoms with Gasteiger partial charge in [0.1, 0.15) is 24.1 Å². The minimum absolute atomic E-state index is 0.00668. The van der Waals surface area contributed by atoms with Crippen molar-refractivity contribution in [1.82, 2.24) is 0 Å². The van der Waals surface area contributed by atoms with E-state index in [1.807, 2.05) is 0 Å². The molecule has 4 atom stereocenters. The first-order valence-electron chi connectivity index (χ1n) is 7.04. The summed E-state index contributed by atoms with van der Waals surface area (Å²) in [4.78, 5) is 1.75. The zero-order chi connectivity index (χ0) is 16.4. The number of hydrogen-bond donors (Lipinski definition) is 7. The van der Waals surface area contributed by atoms with Crippen LogP contribution in [-0.4, -0.2) is 74.8 Å². The third kappa shape index (κ3) is 3.26. The molecule has 0 radical (unpaired) electrons. The summed E-state index contributed by atoms with van der Waals surface area (Å²) in [6.45, 7) is -0.141. The van der Waals surface area contributed by atoms with Gasteiger partial charge in [0, 0.05) is 24.8 Å². The van der Waals surface area contributed by atoms with Crippen LogP contribution < -0.4 is 10.6 Å². The van der Waals surface area contributed by atoms with Crippen LogP contribution in [0.25, 0.3) is 0 Å². The van der Waals surface area contributed by atoms with Gasteiger partial charge in [-0.1, -0.05) is 0 Å². The zero-order valence-corrected chi connectivity index (χ0v) is 12.0. The molecule has 1 aliphatic rings. The van der Waals surface area contributed by atoms with Crippen LogP contribution in [-0.2, 0) is 6.42 Å². The van der Waals surface area contributed by atoms with Gasteiger partial charge in [0.25, 0.3) is 0 Å². The number of anilines is 2. The first kappa shape index (κ1) is 16.8. The van der Waals surface area contributed by atoms with Gasteiger partial charge in [-0.15, -0.1) is 0 Å². The van der Waals surface area contributed by atoms with Crippen LogP contribution in [0.15, 0.2) is 12.1 Å². The minimum Gasteiger partial charge on any atom is -0.506 e. The molecule has 8 N–H and O–H groups in total. The van der Waals surface area contributed by atoms with Crippen molar-refractivity contribution in [1.29, 1.82) is 0 Å². The first-order chi connectivity index (χ1) is 10.3. The Bertz CT molecular complexity index is 526. The lowest BCUT2D eigenvalue weighted by Gasteiger charge is -2.29. The van der Waals surface area contributed by atoms with E-state index in [1.165, 1.54) is 6.07 Å². The third-order valence-electron chi connectivity index (χ3n) is 3.95. The Morgan fingerprint density at radius 2 is 1.73 bits per heavy atom. The molecule has 22 heavy (non-hydrogen) atoms. The van der Waals surface area contributed by atoms with E-state index in [0.29, 0.717) is 18.7 Å². The molecule has 4 unspecified atom stereocenters. The molecule has 0 spiro atoms. The van der Waals surface area contributed by atoms with E-state index in [1.54, 1.807) is 11.0 Å². The lowest BCUT2D eigenvalue weighted by molar-refractivity contribution is -0.112. The highest BCUT2D eigenvalue weighted by Gasteiger charge is 2.32.